The van der Waals surface area contributed by atoms with Gasteiger partial charge in [0.05, 0.1) is 16.9 Å². The maximum Gasteiger partial charge on any atom is 0.501 e. The van der Waals surface area contributed by atoms with E-state index in [-0.39, 0.29) is 12.2 Å². The van der Waals surface area contributed by atoms with Crippen LogP contribution < -0.4 is 5.32 Å². The van der Waals surface area contributed by atoms with E-state index in [1.165, 1.54) is 11.3 Å². The zero-order valence-corrected chi connectivity index (χ0v) is 12.5. The van der Waals surface area contributed by atoms with Crippen LogP contribution in [-0.4, -0.2) is 25.5 Å². The van der Waals surface area contributed by atoms with E-state index in [1.807, 2.05) is 0 Å². The summed E-state index contributed by atoms with van der Waals surface area (Å²) in [4.78, 5) is 2.87. The van der Waals surface area contributed by atoms with Crippen LogP contribution in [0.25, 0.3) is 0 Å². The first-order valence-corrected chi connectivity index (χ1v) is 8.36. The number of aromatic nitrogens is 1. The second kappa shape index (κ2) is 6.21. The van der Waals surface area contributed by atoms with Crippen LogP contribution in [0.3, 0.4) is 0 Å². The highest BCUT2D eigenvalue weighted by atomic mass is 32.2. The fourth-order valence-electron chi connectivity index (χ4n) is 1.68. The van der Waals surface area contributed by atoms with Crippen LogP contribution in [-0.2, 0) is 16.3 Å². The van der Waals surface area contributed by atoms with E-state index >= 15 is 0 Å². The summed E-state index contributed by atoms with van der Waals surface area (Å²) in [5.74, 6) is -1.06. The number of alkyl halides is 3. The van der Waals surface area contributed by atoms with Crippen molar-refractivity contribution < 1.29 is 26.0 Å². The lowest BCUT2D eigenvalue weighted by molar-refractivity contribution is -0.0435. The molecule has 0 aliphatic rings. The number of hydrogen-bond donors (Lipinski definition) is 1. The molecule has 0 aliphatic carbocycles. The number of nitrogens with zero attached hydrogens (tertiary/aromatic N) is 1. The van der Waals surface area contributed by atoms with Crippen LogP contribution in [0.1, 0.15) is 5.69 Å². The number of hydrogen-bond acceptors (Lipinski definition) is 5. The van der Waals surface area contributed by atoms with Crippen LogP contribution in [0.4, 0.5) is 23.2 Å². The van der Waals surface area contributed by atoms with E-state index in [2.05, 4.69) is 10.3 Å². The number of sulfone groups is 1. The first-order valence-electron chi connectivity index (χ1n) is 5.93. The zero-order valence-electron chi connectivity index (χ0n) is 10.9. The molecular weight excluding hydrogens is 344 g/mol. The molecule has 0 radical (unpaired) electrons. The summed E-state index contributed by atoms with van der Waals surface area (Å²) in [7, 11) is -5.63. The number of halogens is 4. The van der Waals surface area contributed by atoms with E-state index in [4.69, 9.17) is 0 Å². The van der Waals surface area contributed by atoms with E-state index < -0.39 is 26.1 Å². The van der Waals surface area contributed by atoms with Gasteiger partial charge in [0.15, 0.2) is 0 Å². The Morgan fingerprint density at radius 1 is 1.27 bits per heavy atom. The fourth-order valence-corrected chi connectivity index (χ4v) is 3.22. The van der Waals surface area contributed by atoms with Gasteiger partial charge in [-0.05, 0) is 18.2 Å². The molecule has 0 amide bonds. The van der Waals surface area contributed by atoms with Crippen molar-refractivity contribution in [2.24, 2.45) is 0 Å². The Hall–Kier alpha value is -1.68. The number of anilines is 1. The first-order chi connectivity index (χ1) is 10.2. The van der Waals surface area contributed by atoms with E-state index in [1.54, 1.807) is 10.9 Å². The summed E-state index contributed by atoms with van der Waals surface area (Å²) < 4.78 is 74.0. The molecule has 1 aromatic heterocycles. The highest BCUT2D eigenvalue weighted by molar-refractivity contribution is 7.92. The van der Waals surface area contributed by atoms with Gasteiger partial charge in [-0.2, -0.15) is 13.2 Å². The van der Waals surface area contributed by atoms with Crippen LogP contribution in [0.2, 0.25) is 0 Å². The van der Waals surface area contributed by atoms with Crippen molar-refractivity contribution >= 4 is 26.9 Å². The molecule has 2 aromatic rings. The topological polar surface area (TPSA) is 59.1 Å². The molecule has 0 bridgehead atoms. The van der Waals surface area contributed by atoms with Crippen molar-refractivity contribution in [1.29, 1.82) is 0 Å². The lowest BCUT2D eigenvalue weighted by atomic mass is 10.3. The summed E-state index contributed by atoms with van der Waals surface area (Å²) in [5, 5.41) is 4.34. The van der Waals surface area contributed by atoms with Crippen molar-refractivity contribution in [1.82, 2.24) is 4.98 Å². The molecule has 0 aliphatic heterocycles. The van der Waals surface area contributed by atoms with Gasteiger partial charge in [0, 0.05) is 18.3 Å². The molecule has 1 heterocycles. The molecule has 0 atom stereocenters. The second-order valence-electron chi connectivity index (χ2n) is 4.25. The van der Waals surface area contributed by atoms with Gasteiger partial charge < -0.3 is 5.32 Å². The predicted octanol–water partition coefficient (Wildman–Crippen LogP) is 3.23. The minimum Gasteiger partial charge on any atom is -0.384 e. The molecule has 22 heavy (non-hydrogen) atoms. The SMILES string of the molecule is O=S(=O)(c1cc(F)ccc1NCCc1cscn1)C(F)(F)F. The van der Waals surface area contributed by atoms with Crippen molar-refractivity contribution in [2.75, 3.05) is 11.9 Å². The Morgan fingerprint density at radius 2 is 2.00 bits per heavy atom. The Balaban J connectivity index is 2.25. The van der Waals surface area contributed by atoms with Gasteiger partial charge >= 0.3 is 5.51 Å². The summed E-state index contributed by atoms with van der Waals surface area (Å²) in [6.45, 7) is 0.162. The van der Waals surface area contributed by atoms with Crippen LogP contribution in [0, 0.1) is 5.82 Å². The lowest BCUT2D eigenvalue weighted by Gasteiger charge is -2.14. The smallest absolute Gasteiger partial charge is 0.384 e. The summed E-state index contributed by atoms with van der Waals surface area (Å²) in [6, 6.07) is 2.21. The molecule has 10 heteroatoms. The molecule has 0 spiro atoms. The molecule has 1 aromatic carbocycles. The largest absolute Gasteiger partial charge is 0.501 e. The van der Waals surface area contributed by atoms with Gasteiger partial charge in [-0.3, -0.25) is 0 Å². The molecule has 2 rings (SSSR count). The van der Waals surface area contributed by atoms with Crippen molar-refractivity contribution in [3.05, 3.63) is 40.6 Å². The Labute approximate surface area is 127 Å². The minimum atomic E-state index is -5.63. The van der Waals surface area contributed by atoms with Gasteiger partial charge in [0.25, 0.3) is 9.84 Å². The quantitative estimate of drug-likeness (QED) is 0.838. The van der Waals surface area contributed by atoms with E-state index in [9.17, 15) is 26.0 Å². The first kappa shape index (κ1) is 16.7. The summed E-state index contributed by atoms with van der Waals surface area (Å²) >= 11 is 1.37. The Bertz CT molecular complexity index is 743. The predicted molar refractivity (Wildman–Crippen MR) is 73.9 cm³/mol. The summed E-state index contributed by atoms with van der Waals surface area (Å²) in [5.41, 5.74) is -3.47. The van der Waals surface area contributed by atoms with Crippen LogP contribution in [0.15, 0.2) is 34.0 Å². The zero-order chi connectivity index (χ0) is 16.4. The normalized spacial score (nSPS) is 12.4. The Kier molecular flexibility index (Phi) is 4.71. The highest BCUT2D eigenvalue weighted by Crippen LogP contribution is 2.34. The minimum absolute atomic E-state index is 0.162. The van der Waals surface area contributed by atoms with Gasteiger partial charge in [-0.1, -0.05) is 0 Å². The Morgan fingerprint density at radius 3 is 2.59 bits per heavy atom. The molecule has 0 unspecified atom stereocenters. The van der Waals surface area contributed by atoms with Crippen LogP contribution >= 0.6 is 11.3 Å². The second-order valence-corrected chi connectivity index (χ2v) is 6.87. The standard InChI is InChI=1S/C12H10F4N2O2S2/c13-8-1-2-10(17-4-3-9-6-21-7-18-9)11(5-8)22(19,20)12(14,15)16/h1-2,5-7,17H,3-4H2. The monoisotopic (exact) mass is 354 g/mol. The molecule has 0 saturated carbocycles. The number of nitrogens with one attached hydrogen (secondary N) is 1. The van der Waals surface area contributed by atoms with Gasteiger partial charge in [-0.25, -0.2) is 17.8 Å². The molecule has 0 fully saturated rings. The third-order valence-electron chi connectivity index (χ3n) is 2.72. The average Bonchev–Trinajstić information content (AvgIpc) is 2.92. The molecule has 120 valence electrons. The number of rotatable bonds is 5. The molecule has 0 saturated heterocycles. The molecule has 1 N–H and O–H groups in total. The lowest BCUT2D eigenvalue weighted by Crippen LogP contribution is -2.24. The molecular formula is C12H10F4N2O2S2. The van der Waals surface area contributed by atoms with Gasteiger partial charge in [-0.15, -0.1) is 11.3 Å². The number of benzene rings is 1. The van der Waals surface area contributed by atoms with Crippen molar-refractivity contribution in [3.8, 4) is 0 Å². The van der Waals surface area contributed by atoms with Gasteiger partial charge in [0.2, 0.25) is 0 Å². The molecule has 4 nitrogen and oxygen atoms in total. The maximum atomic E-state index is 13.1. The third kappa shape index (κ3) is 3.55. The maximum absolute atomic E-state index is 13.1. The van der Waals surface area contributed by atoms with E-state index in [0.717, 1.165) is 17.8 Å². The van der Waals surface area contributed by atoms with Crippen LogP contribution in [0.5, 0.6) is 0 Å². The van der Waals surface area contributed by atoms with E-state index in [0.29, 0.717) is 12.5 Å². The van der Waals surface area contributed by atoms with Crippen molar-refractivity contribution in [3.63, 3.8) is 0 Å². The average molecular weight is 354 g/mol. The third-order valence-corrected chi connectivity index (χ3v) is 4.88. The van der Waals surface area contributed by atoms with Gasteiger partial charge in [0.1, 0.15) is 10.7 Å². The summed E-state index contributed by atoms with van der Waals surface area (Å²) in [6.07, 6.45) is 0.395. The highest BCUT2D eigenvalue weighted by Gasteiger charge is 2.48. The van der Waals surface area contributed by atoms with Crippen molar-refractivity contribution in [2.45, 2.75) is 16.8 Å². The number of thiazole rings is 1. The fraction of sp³-hybridized carbons (Fsp3) is 0.250.